The molecule has 0 aliphatic rings. The quantitative estimate of drug-likeness (QED) is 0.917. The van der Waals surface area contributed by atoms with Crippen LogP contribution in [-0.2, 0) is 0 Å². The highest BCUT2D eigenvalue weighted by Crippen LogP contribution is 2.19. The second kappa shape index (κ2) is 4.37. The van der Waals surface area contributed by atoms with E-state index in [9.17, 15) is 9.90 Å². The van der Waals surface area contributed by atoms with Crippen molar-refractivity contribution in [2.24, 2.45) is 0 Å². The SMILES string of the molecule is CN(CC(C)(C)O)C(=O)c1ccoc1Br. The summed E-state index contributed by atoms with van der Waals surface area (Å²) in [6, 6.07) is 1.59. The lowest BCUT2D eigenvalue weighted by molar-refractivity contribution is 0.0367. The van der Waals surface area contributed by atoms with Gasteiger partial charge in [-0.1, -0.05) is 0 Å². The number of nitrogens with zero attached hydrogens (tertiary/aromatic N) is 1. The Morgan fingerprint density at radius 2 is 2.27 bits per heavy atom. The van der Waals surface area contributed by atoms with Crippen molar-refractivity contribution in [2.75, 3.05) is 13.6 Å². The van der Waals surface area contributed by atoms with Gasteiger partial charge in [-0.25, -0.2) is 0 Å². The highest BCUT2D eigenvalue weighted by atomic mass is 79.9. The van der Waals surface area contributed by atoms with Crippen LogP contribution in [0.2, 0.25) is 0 Å². The zero-order valence-corrected chi connectivity index (χ0v) is 10.5. The van der Waals surface area contributed by atoms with Crippen molar-refractivity contribution in [1.29, 1.82) is 0 Å². The maximum Gasteiger partial charge on any atom is 0.258 e. The molecule has 1 N–H and O–H groups in total. The smallest absolute Gasteiger partial charge is 0.258 e. The van der Waals surface area contributed by atoms with Crippen LogP contribution >= 0.6 is 15.9 Å². The van der Waals surface area contributed by atoms with Crippen molar-refractivity contribution < 1.29 is 14.3 Å². The Morgan fingerprint density at radius 3 is 2.67 bits per heavy atom. The van der Waals surface area contributed by atoms with Crippen LogP contribution in [0.15, 0.2) is 21.4 Å². The summed E-state index contributed by atoms with van der Waals surface area (Å²) in [6.45, 7) is 3.58. The van der Waals surface area contributed by atoms with E-state index in [4.69, 9.17) is 4.42 Å². The Hall–Kier alpha value is -0.810. The van der Waals surface area contributed by atoms with Crippen molar-refractivity contribution >= 4 is 21.8 Å². The Bertz CT molecular complexity index is 354. The highest BCUT2D eigenvalue weighted by Gasteiger charge is 2.22. The van der Waals surface area contributed by atoms with E-state index in [1.165, 1.54) is 11.2 Å². The standard InChI is InChI=1S/C10H14BrNO3/c1-10(2,14)6-12(3)9(13)7-4-5-15-8(7)11/h4-5,14H,6H2,1-3H3. The molecule has 1 amide bonds. The number of carbonyl (C=O) groups excluding carboxylic acids is 1. The molecule has 0 spiro atoms. The van der Waals surface area contributed by atoms with Gasteiger partial charge in [-0.05, 0) is 35.8 Å². The van der Waals surface area contributed by atoms with E-state index in [0.717, 1.165) is 0 Å². The molecule has 1 aromatic heterocycles. The molecular formula is C10H14BrNO3. The molecule has 0 atom stereocenters. The summed E-state index contributed by atoms with van der Waals surface area (Å²) >= 11 is 3.14. The minimum Gasteiger partial charge on any atom is -0.457 e. The molecule has 0 bridgehead atoms. The molecule has 0 aliphatic heterocycles. The average Bonchev–Trinajstić information content (AvgIpc) is 2.47. The van der Waals surface area contributed by atoms with E-state index in [2.05, 4.69) is 15.9 Å². The number of hydrogen-bond acceptors (Lipinski definition) is 3. The number of rotatable bonds is 3. The number of halogens is 1. The van der Waals surface area contributed by atoms with Crippen LogP contribution < -0.4 is 0 Å². The fraction of sp³-hybridized carbons (Fsp3) is 0.500. The molecule has 4 nitrogen and oxygen atoms in total. The molecule has 0 saturated carbocycles. The number of furan rings is 1. The van der Waals surface area contributed by atoms with Gasteiger partial charge in [-0.3, -0.25) is 4.79 Å². The largest absolute Gasteiger partial charge is 0.457 e. The Balaban J connectivity index is 2.74. The first-order valence-electron chi connectivity index (χ1n) is 4.52. The molecule has 0 saturated heterocycles. The van der Waals surface area contributed by atoms with Gasteiger partial charge < -0.3 is 14.4 Å². The van der Waals surface area contributed by atoms with Gasteiger partial charge >= 0.3 is 0 Å². The molecule has 1 aromatic rings. The molecule has 1 heterocycles. The minimum absolute atomic E-state index is 0.183. The van der Waals surface area contributed by atoms with Gasteiger partial charge in [0.2, 0.25) is 0 Å². The third-order valence-electron chi connectivity index (χ3n) is 1.82. The molecule has 0 fully saturated rings. The van der Waals surface area contributed by atoms with Crippen LogP contribution in [-0.4, -0.2) is 35.1 Å². The van der Waals surface area contributed by atoms with Gasteiger partial charge in [0.25, 0.3) is 5.91 Å². The van der Waals surface area contributed by atoms with Gasteiger partial charge in [-0.15, -0.1) is 0 Å². The van der Waals surface area contributed by atoms with Crippen molar-refractivity contribution in [2.45, 2.75) is 19.4 Å². The van der Waals surface area contributed by atoms with Crippen LogP contribution in [0.25, 0.3) is 0 Å². The Labute approximate surface area is 97.0 Å². The number of likely N-dealkylation sites (N-methyl/N-ethyl adjacent to an activating group) is 1. The van der Waals surface area contributed by atoms with E-state index < -0.39 is 5.60 Å². The zero-order valence-electron chi connectivity index (χ0n) is 8.95. The van der Waals surface area contributed by atoms with E-state index in [0.29, 0.717) is 10.2 Å². The third kappa shape index (κ3) is 3.35. The summed E-state index contributed by atoms with van der Waals surface area (Å²) < 4.78 is 5.38. The second-order valence-electron chi connectivity index (χ2n) is 4.08. The van der Waals surface area contributed by atoms with Crippen LogP contribution in [0.4, 0.5) is 0 Å². The number of amides is 1. The van der Waals surface area contributed by atoms with E-state index >= 15 is 0 Å². The predicted octanol–water partition coefficient (Wildman–Crippen LogP) is 1.89. The van der Waals surface area contributed by atoms with E-state index in [1.807, 2.05) is 0 Å². The molecule has 0 radical (unpaired) electrons. The Kier molecular flexibility index (Phi) is 3.57. The lowest BCUT2D eigenvalue weighted by Crippen LogP contribution is -2.39. The minimum atomic E-state index is -0.902. The maximum absolute atomic E-state index is 11.8. The van der Waals surface area contributed by atoms with Crippen LogP contribution in [0.3, 0.4) is 0 Å². The fourth-order valence-corrected chi connectivity index (χ4v) is 1.71. The molecule has 84 valence electrons. The molecule has 15 heavy (non-hydrogen) atoms. The van der Waals surface area contributed by atoms with Crippen LogP contribution in [0.1, 0.15) is 24.2 Å². The Morgan fingerprint density at radius 1 is 1.67 bits per heavy atom. The maximum atomic E-state index is 11.8. The van der Waals surface area contributed by atoms with Gasteiger partial charge in [0.05, 0.1) is 17.4 Å². The second-order valence-corrected chi connectivity index (χ2v) is 4.80. The monoisotopic (exact) mass is 275 g/mol. The molecule has 0 aliphatic carbocycles. The van der Waals surface area contributed by atoms with Crippen LogP contribution in [0.5, 0.6) is 0 Å². The van der Waals surface area contributed by atoms with E-state index in [1.54, 1.807) is 27.0 Å². The molecule has 0 aromatic carbocycles. The summed E-state index contributed by atoms with van der Waals surface area (Å²) in [7, 11) is 1.64. The first kappa shape index (κ1) is 12.3. The van der Waals surface area contributed by atoms with Gasteiger partial charge in [0.15, 0.2) is 4.67 Å². The predicted molar refractivity (Wildman–Crippen MR) is 59.7 cm³/mol. The molecule has 0 unspecified atom stereocenters. The lowest BCUT2D eigenvalue weighted by Gasteiger charge is -2.25. The number of hydrogen-bond donors (Lipinski definition) is 1. The lowest BCUT2D eigenvalue weighted by atomic mass is 10.1. The van der Waals surface area contributed by atoms with Gasteiger partial charge in [-0.2, -0.15) is 0 Å². The van der Waals surface area contributed by atoms with Gasteiger partial charge in [0.1, 0.15) is 0 Å². The molecule has 1 rings (SSSR count). The summed E-state index contributed by atoms with van der Waals surface area (Å²) in [6.07, 6.45) is 1.44. The number of aliphatic hydroxyl groups is 1. The molecule has 5 heteroatoms. The summed E-state index contributed by atoms with van der Waals surface area (Å²) in [5, 5.41) is 9.57. The first-order chi connectivity index (χ1) is 6.81. The average molecular weight is 276 g/mol. The first-order valence-corrected chi connectivity index (χ1v) is 5.31. The summed E-state index contributed by atoms with van der Waals surface area (Å²) in [5.41, 5.74) is -0.442. The van der Waals surface area contributed by atoms with Gasteiger partial charge in [0, 0.05) is 13.6 Å². The summed E-state index contributed by atoms with van der Waals surface area (Å²) in [5.74, 6) is -0.183. The van der Waals surface area contributed by atoms with Crippen molar-refractivity contribution in [3.63, 3.8) is 0 Å². The van der Waals surface area contributed by atoms with Crippen molar-refractivity contribution in [3.05, 3.63) is 22.6 Å². The van der Waals surface area contributed by atoms with Crippen LogP contribution in [0, 0.1) is 0 Å². The fourth-order valence-electron chi connectivity index (χ4n) is 1.30. The molecular weight excluding hydrogens is 262 g/mol. The third-order valence-corrected chi connectivity index (χ3v) is 2.43. The zero-order chi connectivity index (χ0) is 11.6. The van der Waals surface area contributed by atoms with Crippen molar-refractivity contribution in [1.82, 2.24) is 4.90 Å². The highest BCUT2D eigenvalue weighted by molar-refractivity contribution is 9.10. The summed E-state index contributed by atoms with van der Waals surface area (Å²) in [4.78, 5) is 13.3. The van der Waals surface area contributed by atoms with Crippen molar-refractivity contribution in [3.8, 4) is 0 Å². The number of carbonyl (C=O) groups is 1. The normalized spacial score (nSPS) is 11.5. The topological polar surface area (TPSA) is 53.7 Å². The van der Waals surface area contributed by atoms with E-state index in [-0.39, 0.29) is 12.5 Å².